The summed E-state index contributed by atoms with van der Waals surface area (Å²) in [5, 5.41) is 8.20. The van der Waals surface area contributed by atoms with Gasteiger partial charge in [-0.05, 0) is 17.7 Å². The number of benzene rings is 1. The molecule has 0 fully saturated rings. The number of nitrogens with one attached hydrogen (secondary N) is 1. The van der Waals surface area contributed by atoms with Crippen molar-refractivity contribution in [1.82, 2.24) is 9.97 Å². The fraction of sp³-hybridized carbons (Fsp3) is 0.0833. The molecule has 0 atom stereocenters. The van der Waals surface area contributed by atoms with E-state index in [9.17, 15) is 4.39 Å². The van der Waals surface area contributed by atoms with Crippen LogP contribution in [0.25, 0.3) is 0 Å². The summed E-state index contributed by atoms with van der Waals surface area (Å²) in [4.78, 5) is 8.09. The molecule has 0 aliphatic rings. The Bertz CT molecular complexity index is 559. The zero-order valence-corrected chi connectivity index (χ0v) is 10.2. The first-order chi connectivity index (χ1) is 8.66. The number of nitrogen functional groups attached to an aromatic ring is 1. The number of hydrogen-bond acceptors (Lipinski definition) is 4. The molecule has 0 radical (unpaired) electrons. The van der Waals surface area contributed by atoms with E-state index in [4.69, 9.17) is 11.1 Å². The Hall–Kier alpha value is -1.95. The zero-order chi connectivity index (χ0) is 13.0. The summed E-state index contributed by atoms with van der Waals surface area (Å²) in [5.41, 5.74) is 6.66. The highest BCUT2D eigenvalue weighted by molar-refractivity contribution is 7.98. The Kier molecular flexibility index (Phi) is 3.88. The summed E-state index contributed by atoms with van der Waals surface area (Å²) in [6.07, 6.45) is 4.86. The molecule has 2 rings (SSSR count). The second kappa shape index (κ2) is 5.59. The van der Waals surface area contributed by atoms with Crippen molar-refractivity contribution in [3.05, 3.63) is 53.7 Å². The number of nitrogens with zero attached hydrogens (tertiary/aromatic N) is 2. The molecule has 0 bridgehead atoms. The maximum atomic E-state index is 13.1. The fourth-order valence-corrected chi connectivity index (χ4v) is 2.26. The van der Waals surface area contributed by atoms with Gasteiger partial charge < -0.3 is 5.73 Å². The highest BCUT2D eigenvalue weighted by atomic mass is 32.2. The van der Waals surface area contributed by atoms with Crippen LogP contribution in [0.1, 0.15) is 11.1 Å². The standard InChI is InChI=1S/C12H11FN4S/c13-9-2-1-8(10(5-9)12(14)15)7-18-11-6-16-3-4-17-11/h1-6H,7H2,(H3,14,15). The van der Waals surface area contributed by atoms with E-state index in [0.29, 0.717) is 11.3 Å². The molecular formula is C12H11FN4S. The highest BCUT2D eigenvalue weighted by Gasteiger charge is 2.08. The third kappa shape index (κ3) is 3.04. The minimum Gasteiger partial charge on any atom is -0.384 e. The van der Waals surface area contributed by atoms with E-state index in [1.165, 1.54) is 23.9 Å². The topological polar surface area (TPSA) is 75.7 Å². The van der Waals surface area contributed by atoms with Crippen LogP contribution in [-0.2, 0) is 5.75 Å². The van der Waals surface area contributed by atoms with Crippen LogP contribution >= 0.6 is 11.8 Å². The smallest absolute Gasteiger partial charge is 0.123 e. The lowest BCUT2D eigenvalue weighted by atomic mass is 10.1. The number of nitrogens with two attached hydrogens (primary N) is 1. The first-order valence-corrected chi connectivity index (χ1v) is 6.17. The van der Waals surface area contributed by atoms with Gasteiger partial charge in [0.15, 0.2) is 0 Å². The van der Waals surface area contributed by atoms with Gasteiger partial charge in [-0.1, -0.05) is 6.07 Å². The van der Waals surface area contributed by atoms with E-state index in [2.05, 4.69) is 9.97 Å². The molecule has 0 saturated heterocycles. The summed E-state index contributed by atoms with van der Waals surface area (Å²) in [6, 6.07) is 4.27. The normalized spacial score (nSPS) is 10.3. The van der Waals surface area contributed by atoms with Crippen molar-refractivity contribution in [2.75, 3.05) is 0 Å². The van der Waals surface area contributed by atoms with Gasteiger partial charge in [0.05, 0.1) is 6.20 Å². The summed E-state index contributed by atoms with van der Waals surface area (Å²) < 4.78 is 13.1. The largest absolute Gasteiger partial charge is 0.384 e. The summed E-state index contributed by atoms with van der Waals surface area (Å²) in [5.74, 6) is 0.0335. The molecule has 0 unspecified atom stereocenters. The number of thioether (sulfide) groups is 1. The molecule has 1 aromatic carbocycles. The van der Waals surface area contributed by atoms with Crippen molar-refractivity contribution in [3.63, 3.8) is 0 Å². The number of halogens is 1. The van der Waals surface area contributed by atoms with Crippen LogP contribution in [0.3, 0.4) is 0 Å². The second-order valence-corrected chi connectivity index (χ2v) is 4.54. The minimum atomic E-state index is -0.395. The van der Waals surface area contributed by atoms with Crippen LogP contribution in [0.4, 0.5) is 4.39 Å². The van der Waals surface area contributed by atoms with Crippen molar-refractivity contribution >= 4 is 17.6 Å². The fourth-order valence-electron chi connectivity index (χ4n) is 1.44. The predicted molar refractivity (Wildman–Crippen MR) is 69.0 cm³/mol. The molecule has 0 amide bonds. The molecule has 18 heavy (non-hydrogen) atoms. The lowest BCUT2D eigenvalue weighted by molar-refractivity contribution is 0.627. The first kappa shape index (κ1) is 12.5. The van der Waals surface area contributed by atoms with E-state index >= 15 is 0 Å². The Morgan fingerprint density at radius 2 is 2.22 bits per heavy atom. The Morgan fingerprint density at radius 1 is 1.39 bits per heavy atom. The Morgan fingerprint density at radius 3 is 2.89 bits per heavy atom. The van der Waals surface area contributed by atoms with Crippen molar-refractivity contribution in [1.29, 1.82) is 5.41 Å². The van der Waals surface area contributed by atoms with E-state index in [-0.39, 0.29) is 5.84 Å². The lowest BCUT2D eigenvalue weighted by Gasteiger charge is -2.07. The van der Waals surface area contributed by atoms with Crippen molar-refractivity contribution in [3.8, 4) is 0 Å². The maximum absolute atomic E-state index is 13.1. The van der Waals surface area contributed by atoms with Gasteiger partial charge in [-0.2, -0.15) is 0 Å². The molecule has 0 saturated carbocycles. The molecule has 4 nitrogen and oxygen atoms in total. The molecule has 0 spiro atoms. The first-order valence-electron chi connectivity index (χ1n) is 5.18. The third-order valence-corrected chi connectivity index (χ3v) is 3.24. The molecule has 1 aromatic heterocycles. The van der Waals surface area contributed by atoms with Gasteiger partial charge in [-0.15, -0.1) is 11.8 Å². The van der Waals surface area contributed by atoms with Crippen LogP contribution in [0.15, 0.2) is 41.8 Å². The Balaban J connectivity index is 2.17. The van der Waals surface area contributed by atoms with Gasteiger partial charge in [0.2, 0.25) is 0 Å². The van der Waals surface area contributed by atoms with Crippen LogP contribution in [0.5, 0.6) is 0 Å². The van der Waals surface area contributed by atoms with Crippen LogP contribution < -0.4 is 5.73 Å². The van der Waals surface area contributed by atoms with E-state index < -0.39 is 5.82 Å². The summed E-state index contributed by atoms with van der Waals surface area (Å²) in [7, 11) is 0. The van der Waals surface area contributed by atoms with E-state index in [0.717, 1.165) is 10.6 Å². The average molecular weight is 262 g/mol. The van der Waals surface area contributed by atoms with Gasteiger partial charge in [0.1, 0.15) is 16.7 Å². The van der Waals surface area contributed by atoms with Crippen molar-refractivity contribution in [2.45, 2.75) is 10.8 Å². The monoisotopic (exact) mass is 262 g/mol. The molecule has 0 aliphatic heterocycles. The van der Waals surface area contributed by atoms with E-state index in [1.54, 1.807) is 24.7 Å². The summed E-state index contributed by atoms with van der Waals surface area (Å²) >= 11 is 1.46. The van der Waals surface area contributed by atoms with Crippen molar-refractivity contribution < 1.29 is 4.39 Å². The molecular weight excluding hydrogens is 251 g/mol. The van der Waals surface area contributed by atoms with Gasteiger partial charge in [0, 0.05) is 23.7 Å². The molecule has 92 valence electrons. The van der Waals surface area contributed by atoms with Crippen LogP contribution in [-0.4, -0.2) is 15.8 Å². The number of rotatable bonds is 4. The minimum absolute atomic E-state index is 0.135. The van der Waals surface area contributed by atoms with Crippen LogP contribution in [0, 0.1) is 11.2 Å². The second-order valence-electron chi connectivity index (χ2n) is 3.55. The lowest BCUT2D eigenvalue weighted by Crippen LogP contribution is -2.13. The van der Waals surface area contributed by atoms with Crippen LogP contribution in [0.2, 0.25) is 0 Å². The molecule has 3 N–H and O–H groups in total. The van der Waals surface area contributed by atoms with Gasteiger partial charge >= 0.3 is 0 Å². The molecule has 0 aliphatic carbocycles. The summed E-state index contributed by atoms with van der Waals surface area (Å²) in [6.45, 7) is 0. The molecule has 1 heterocycles. The molecule has 6 heteroatoms. The van der Waals surface area contributed by atoms with Crippen molar-refractivity contribution in [2.24, 2.45) is 5.73 Å². The number of aromatic nitrogens is 2. The predicted octanol–water partition coefficient (Wildman–Crippen LogP) is 2.19. The quantitative estimate of drug-likeness (QED) is 0.503. The van der Waals surface area contributed by atoms with Gasteiger partial charge in [0.25, 0.3) is 0 Å². The Labute approximate surface area is 108 Å². The van der Waals surface area contributed by atoms with Gasteiger partial charge in [-0.3, -0.25) is 10.4 Å². The number of hydrogen-bond donors (Lipinski definition) is 2. The zero-order valence-electron chi connectivity index (χ0n) is 9.43. The highest BCUT2D eigenvalue weighted by Crippen LogP contribution is 2.22. The SMILES string of the molecule is N=C(N)c1cc(F)ccc1CSc1cnccn1. The van der Waals surface area contributed by atoms with E-state index in [1.807, 2.05) is 0 Å². The maximum Gasteiger partial charge on any atom is 0.123 e. The number of amidine groups is 1. The van der Waals surface area contributed by atoms with Gasteiger partial charge in [-0.25, -0.2) is 9.37 Å². The average Bonchev–Trinajstić information content (AvgIpc) is 2.38. The third-order valence-electron chi connectivity index (χ3n) is 2.28. The molecule has 2 aromatic rings.